The van der Waals surface area contributed by atoms with Gasteiger partial charge in [0.2, 0.25) is 0 Å². The van der Waals surface area contributed by atoms with Crippen LogP contribution in [0.3, 0.4) is 0 Å². The van der Waals surface area contributed by atoms with E-state index in [-0.39, 0.29) is 12.3 Å². The minimum Gasteiger partial charge on any atom is -0.444 e. The van der Waals surface area contributed by atoms with Gasteiger partial charge >= 0.3 is 6.09 Å². The molecule has 0 spiro atoms. The van der Waals surface area contributed by atoms with Gasteiger partial charge in [0, 0.05) is 19.4 Å². The number of ketones is 1. The average Bonchev–Trinajstić information content (AvgIpc) is 2.27. The third-order valence-corrected chi connectivity index (χ3v) is 1.97. The standard InChI is InChI=1S/C12H17N3O3/c1-12(2,3)18-11(17)15(4)7-10(16)9-5-13-8-14-6-9/h5-6,8H,7H2,1-4H3. The lowest BCUT2D eigenvalue weighted by atomic mass is 10.2. The van der Waals surface area contributed by atoms with E-state index in [1.54, 1.807) is 20.8 Å². The molecule has 0 aliphatic heterocycles. The number of carbonyl (C=O) groups is 2. The number of carbonyl (C=O) groups excluding carboxylic acids is 2. The number of likely N-dealkylation sites (N-methyl/N-ethyl adjacent to an activating group) is 1. The molecule has 0 N–H and O–H groups in total. The highest BCUT2D eigenvalue weighted by Crippen LogP contribution is 2.09. The van der Waals surface area contributed by atoms with Gasteiger partial charge in [-0.2, -0.15) is 0 Å². The molecule has 0 aromatic carbocycles. The molecule has 1 amide bonds. The predicted molar refractivity (Wildman–Crippen MR) is 65.2 cm³/mol. The van der Waals surface area contributed by atoms with Crippen molar-refractivity contribution in [2.45, 2.75) is 26.4 Å². The molecule has 1 aromatic rings. The SMILES string of the molecule is CN(CC(=O)c1cncnc1)C(=O)OC(C)(C)C. The van der Waals surface area contributed by atoms with Gasteiger partial charge in [-0.25, -0.2) is 14.8 Å². The van der Waals surface area contributed by atoms with Crippen LogP contribution in [0.1, 0.15) is 31.1 Å². The van der Waals surface area contributed by atoms with Crippen LogP contribution in [-0.4, -0.2) is 45.9 Å². The Morgan fingerprint density at radius 1 is 1.28 bits per heavy atom. The van der Waals surface area contributed by atoms with E-state index in [0.29, 0.717) is 5.56 Å². The highest BCUT2D eigenvalue weighted by molar-refractivity contribution is 5.98. The first-order valence-corrected chi connectivity index (χ1v) is 5.52. The lowest BCUT2D eigenvalue weighted by molar-refractivity contribution is 0.0294. The molecular weight excluding hydrogens is 234 g/mol. The number of nitrogens with zero attached hydrogens (tertiary/aromatic N) is 3. The van der Waals surface area contributed by atoms with Gasteiger partial charge in [-0.15, -0.1) is 0 Å². The van der Waals surface area contributed by atoms with Crippen molar-refractivity contribution in [3.8, 4) is 0 Å². The van der Waals surface area contributed by atoms with Gasteiger partial charge in [-0.05, 0) is 20.8 Å². The summed E-state index contributed by atoms with van der Waals surface area (Å²) >= 11 is 0. The molecule has 0 atom stereocenters. The predicted octanol–water partition coefficient (Wildman–Crippen LogP) is 1.53. The Morgan fingerprint density at radius 3 is 2.33 bits per heavy atom. The lowest BCUT2D eigenvalue weighted by Crippen LogP contribution is -2.37. The van der Waals surface area contributed by atoms with E-state index in [2.05, 4.69) is 9.97 Å². The fourth-order valence-corrected chi connectivity index (χ4v) is 1.15. The van der Waals surface area contributed by atoms with Crippen molar-refractivity contribution in [1.82, 2.24) is 14.9 Å². The number of hydrogen-bond acceptors (Lipinski definition) is 5. The first kappa shape index (κ1) is 14.1. The second-order valence-corrected chi connectivity index (χ2v) is 4.89. The lowest BCUT2D eigenvalue weighted by Gasteiger charge is -2.24. The number of amides is 1. The Morgan fingerprint density at radius 2 is 1.83 bits per heavy atom. The summed E-state index contributed by atoms with van der Waals surface area (Å²) in [6, 6.07) is 0. The molecule has 6 nitrogen and oxygen atoms in total. The summed E-state index contributed by atoms with van der Waals surface area (Å²) in [5, 5.41) is 0. The van der Waals surface area contributed by atoms with Gasteiger partial charge in [-0.1, -0.05) is 0 Å². The number of rotatable bonds is 3. The number of ether oxygens (including phenoxy) is 1. The summed E-state index contributed by atoms with van der Waals surface area (Å²) in [7, 11) is 1.51. The van der Waals surface area contributed by atoms with Crippen LogP contribution in [0.15, 0.2) is 18.7 Å². The largest absolute Gasteiger partial charge is 0.444 e. The van der Waals surface area contributed by atoms with Gasteiger partial charge in [-0.3, -0.25) is 4.79 Å². The summed E-state index contributed by atoms with van der Waals surface area (Å²) in [4.78, 5) is 32.2. The van der Waals surface area contributed by atoms with Crippen molar-refractivity contribution in [2.24, 2.45) is 0 Å². The Labute approximate surface area is 106 Å². The number of hydrogen-bond donors (Lipinski definition) is 0. The van der Waals surface area contributed by atoms with Crippen LogP contribution >= 0.6 is 0 Å². The van der Waals surface area contributed by atoms with Crippen molar-refractivity contribution in [3.63, 3.8) is 0 Å². The Bertz CT molecular complexity index is 426. The van der Waals surface area contributed by atoms with Gasteiger partial charge in [0.1, 0.15) is 11.9 Å². The molecule has 1 rings (SSSR count). The van der Waals surface area contributed by atoms with Crippen molar-refractivity contribution in [2.75, 3.05) is 13.6 Å². The second-order valence-electron chi connectivity index (χ2n) is 4.89. The zero-order chi connectivity index (χ0) is 13.8. The van der Waals surface area contributed by atoms with E-state index in [4.69, 9.17) is 4.74 Å². The van der Waals surface area contributed by atoms with E-state index < -0.39 is 11.7 Å². The van der Waals surface area contributed by atoms with Crippen LogP contribution in [-0.2, 0) is 4.74 Å². The molecule has 0 saturated carbocycles. The first-order valence-electron chi connectivity index (χ1n) is 5.52. The third kappa shape index (κ3) is 4.48. The van der Waals surface area contributed by atoms with Crippen LogP contribution in [0.2, 0.25) is 0 Å². The highest BCUT2D eigenvalue weighted by atomic mass is 16.6. The van der Waals surface area contributed by atoms with Crippen molar-refractivity contribution >= 4 is 11.9 Å². The fraction of sp³-hybridized carbons (Fsp3) is 0.500. The molecule has 1 heterocycles. The number of aromatic nitrogens is 2. The van der Waals surface area contributed by atoms with E-state index in [9.17, 15) is 9.59 Å². The summed E-state index contributed by atoms with van der Waals surface area (Å²) in [5.74, 6) is -0.232. The third-order valence-electron chi connectivity index (χ3n) is 1.97. The van der Waals surface area contributed by atoms with Crippen LogP contribution in [0, 0.1) is 0 Å². The van der Waals surface area contributed by atoms with Crippen molar-refractivity contribution in [3.05, 3.63) is 24.3 Å². The summed E-state index contributed by atoms with van der Waals surface area (Å²) in [6.07, 6.45) is 3.64. The van der Waals surface area contributed by atoms with Gasteiger partial charge in [0.25, 0.3) is 0 Å². The van der Waals surface area contributed by atoms with Gasteiger partial charge in [0.15, 0.2) is 5.78 Å². The van der Waals surface area contributed by atoms with Crippen molar-refractivity contribution < 1.29 is 14.3 Å². The molecule has 0 aliphatic rings. The van der Waals surface area contributed by atoms with E-state index in [0.717, 1.165) is 0 Å². The van der Waals surface area contributed by atoms with Crippen LogP contribution in [0.4, 0.5) is 4.79 Å². The van der Waals surface area contributed by atoms with Gasteiger partial charge < -0.3 is 9.64 Å². The Kier molecular flexibility index (Phi) is 4.36. The zero-order valence-corrected chi connectivity index (χ0v) is 11.0. The van der Waals surface area contributed by atoms with Crippen LogP contribution in [0.5, 0.6) is 0 Å². The zero-order valence-electron chi connectivity index (χ0n) is 11.0. The molecule has 6 heteroatoms. The fourth-order valence-electron chi connectivity index (χ4n) is 1.15. The second kappa shape index (κ2) is 5.57. The van der Waals surface area contributed by atoms with E-state index in [1.807, 2.05) is 0 Å². The molecule has 0 unspecified atom stereocenters. The van der Waals surface area contributed by atoms with E-state index in [1.165, 1.54) is 30.7 Å². The monoisotopic (exact) mass is 251 g/mol. The minimum absolute atomic E-state index is 0.0672. The van der Waals surface area contributed by atoms with Gasteiger partial charge in [0.05, 0.1) is 12.1 Å². The molecule has 0 fully saturated rings. The topological polar surface area (TPSA) is 72.4 Å². The Hall–Kier alpha value is -1.98. The highest BCUT2D eigenvalue weighted by Gasteiger charge is 2.21. The quantitative estimate of drug-likeness (QED) is 0.762. The maximum atomic E-state index is 11.8. The molecule has 0 radical (unpaired) electrons. The van der Waals surface area contributed by atoms with Crippen molar-refractivity contribution in [1.29, 1.82) is 0 Å². The number of Topliss-reactive ketones (excluding diaryl/α,β-unsaturated/α-hetero) is 1. The summed E-state index contributed by atoms with van der Waals surface area (Å²) in [6.45, 7) is 5.24. The average molecular weight is 251 g/mol. The molecule has 0 saturated heterocycles. The maximum absolute atomic E-state index is 11.8. The summed E-state index contributed by atoms with van der Waals surface area (Å²) in [5.41, 5.74) is -0.211. The molecular formula is C12H17N3O3. The molecule has 18 heavy (non-hydrogen) atoms. The molecule has 1 aromatic heterocycles. The van der Waals surface area contributed by atoms with E-state index >= 15 is 0 Å². The first-order chi connectivity index (χ1) is 8.29. The molecule has 0 bridgehead atoms. The summed E-state index contributed by atoms with van der Waals surface area (Å²) < 4.78 is 5.14. The Balaban J connectivity index is 2.58. The van der Waals surface area contributed by atoms with Crippen LogP contribution < -0.4 is 0 Å². The molecule has 0 aliphatic carbocycles. The van der Waals surface area contributed by atoms with Crippen LogP contribution in [0.25, 0.3) is 0 Å². The maximum Gasteiger partial charge on any atom is 0.410 e. The molecule has 98 valence electrons. The minimum atomic E-state index is -0.579. The normalized spacial score (nSPS) is 10.9. The smallest absolute Gasteiger partial charge is 0.410 e.